The highest BCUT2D eigenvalue weighted by Gasteiger charge is 2.21. The lowest BCUT2D eigenvalue weighted by atomic mass is 9.85. The molecule has 0 unspecified atom stereocenters. The molecule has 2 aromatic carbocycles. The van der Waals surface area contributed by atoms with E-state index in [-0.39, 0.29) is 12.0 Å². The predicted octanol–water partition coefficient (Wildman–Crippen LogP) is 4.59. The first-order chi connectivity index (χ1) is 10.8. The molecule has 3 heteroatoms. The van der Waals surface area contributed by atoms with Crippen molar-refractivity contribution in [3.05, 3.63) is 59.2 Å². The van der Waals surface area contributed by atoms with Crippen LogP contribution in [0.2, 0.25) is 0 Å². The van der Waals surface area contributed by atoms with Crippen molar-refractivity contribution >= 4 is 5.97 Å². The van der Waals surface area contributed by atoms with Crippen LogP contribution in [0.15, 0.2) is 42.5 Å². The van der Waals surface area contributed by atoms with Gasteiger partial charge in [0.2, 0.25) is 0 Å². The number of ether oxygens (including phenoxy) is 2. The van der Waals surface area contributed by atoms with Crippen molar-refractivity contribution in [1.29, 1.82) is 0 Å². The second-order valence-electron chi connectivity index (χ2n) is 6.83. The molecule has 3 nitrogen and oxygen atoms in total. The molecule has 0 fully saturated rings. The maximum Gasteiger partial charge on any atom is 0.349 e. The Morgan fingerprint density at radius 1 is 0.957 bits per heavy atom. The second kappa shape index (κ2) is 6.86. The van der Waals surface area contributed by atoms with Gasteiger partial charge in [0.1, 0.15) is 11.5 Å². The molecule has 0 saturated carbocycles. The molecule has 0 aliphatic heterocycles. The van der Waals surface area contributed by atoms with Crippen molar-refractivity contribution in [3.8, 4) is 11.5 Å². The highest BCUT2D eigenvalue weighted by molar-refractivity contribution is 5.74. The normalized spacial score (nSPS) is 11.2. The number of rotatable bonds is 4. The third-order valence-electron chi connectivity index (χ3n) is 3.54. The van der Waals surface area contributed by atoms with Gasteiger partial charge in [0.05, 0.1) is 0 Å². The highest BCUT2D eigenvalue weighted by atomic mass is 16.6. The van der Waals surface area contributed by atoms with E-state index in [1.165, 1.54) is 0 Å². The summed E-state index contributed by atoms with van der Waals surface area (Å²) in [5.74, 6) is 0.855. The Hall–Kier alpha value is -2.29. The number of hydrogen-bond acceptors (Lipinski definition) is 3. The zero-order chi connectivity index (χ0) is 17.0. The standard InChI is InChI=1S/C20H24O3/c1-14-6-9-16(10-7-14)22-13-19(21)23-18-11-8-15(2)12-17(18)20(3,4)5/h6-12H,13H2,1-5H3. The Morgan fingerprint density at radius 2 is 1.57 bits per heavy atom. The molecule has 0 aromatic heterocycles. The summed E-state index contributed by atoms with van der Waals surface area (Å²) in [6.07, 6.45) is 0. The van der Waals surface area contributed by atoms with Gasteiger partial charge in [0, 0.05) is 5.56 Å². The van der Waals surface area contributed by atoms with E-state index in [4.69, 9.17) is 9.47 Å². The Labute approximate surface area is 138 Å². The van der Waals surface area contributed by atoms with Gasteiger partial charge in [-0.1, -0.05) is 56.2 Å². The Balaban J connectivity index is 2.04. The average Bonchev–Trinajstić information content (AvgIpc) is 2.47. The summed E-state index contributed by atoms with van der Waals surface area (Å²) in [6, 6.07) is 13.4. The number of hydrogen-bond donors (Lipinski definition) is 0. The lowest BCUT2D eigenvalue weighted by Crippen LogP contribution is -2.21. The molecule has 0 atom stereocenters. The van der Waals surface area contributed by atoms with Crippen LogP contribution in [0, 0.1) is 13.8 Å². The Bertz CT molecular complexity index is 679. The van der Waals surface area contributed by atoms with Crippen LogP contribution in [0.1, 0.15) is 37.5 Å². The molecule has 2 aromatic rings. The first kappa shape index (κ1) is 17.1. The van der Waals surface area contributed by atoms with Gasteiger partial charge in [0.15, 0.2) is 6.61 Å². The fourth-order valence-corrected chi connectivity index (χ4v) is 2.25. The monoisotopic (exact) mass is 312 g/mol. The highest BCUT2D eigenvalue weighted by Crippen LogP contribution is 2.32. The first-order valence-corrected chi connectivity index (χ1v) is 7.77. The topological polar surface area (TPSA) is 35.5 Å². The van der Waals surface area contributed by atoms with Crippen molar-refractivity contribution in [1.82, 2.24) is 0 Å². The van der Waals surface area contributed by atoms with Crippen LogP contribution in [0.3, 0.4) is 0 Å². The average molecular weight is 312 g/mol. The third kappa shape index (κ3) is 4.85. The summed E-state index contributed by atoms with van der Waals surface area (Å²) >= 11 is 0. The predicted molar refractivity (Wildman–Crippen MR) is 92.2 cm³/mol. The van der Waals surface area contributed by atoms with E-state index in [1.807, 2.05) is 50.2 Å². The number of carbonyl (C=O) groups is 1. The van der Waals surface area contributed by atoms with Gasteiger partial charge in [-0.3, -0.25) is 0 Å². The molecule has 0 saturated heterocycles. The minimum atomic E-state index is -0.403. The van der Waals surface area contributed by atoms with E-state index in [2.05, 4.69) is 26.8 Å². The van der Waals surface area contributed by atoms with Crippen molar-refractivity contribution < 1.29 is 14.3 Å². The van der Waals surface area contributed by atoms with Crippen molar-refractivity contribution in [3.63, 3.8) is 0 Å². The van der Waals surface area contributed by atoms with Crippen molar-refractivity contribution in [2.75, 3.05) is 6.61 Å². The summed E-state index contributed by atoms with van der Waals surface area (Å²) in [4.78, 5) is 12.1. The summed E-state index contributed by atoms with van der Waals surface area (Å²) < 4.78 is 11.0. The molecule has 0 spiro atoms. The van der Waals surface area contributed by atoms with Gasteiger partial charge in [-0.15, -0.1) is 0 Å². The maximum atomic E-state index is 12.1. The van der Waals surface area contributed by atoms with Crippen LogP contribution < -0.4 is 9.47 Å². The molecule has 0 aliphatic carbocycles. The summed E-state index contributed by atoms with van der Waals surface area (Å²) in [7, 11) is 0. The molecule has 0 heterocycles. The smallest absolute Gasteiger partial charge is 0.349 e. The van der Waals surface area contributed by atoms with E-state index in [9.17, 15) is 4.79 Å². The van der Waals surface area contributed by atoms with E-state index in [0.717, 1.165) is 16.7 Å². The zero-order valence-corrected chi connectivity index (χ0v) is 14.5. The number of aryl methyl sites for hydroxylation is 2. The molecule has 2 rings (SSSR count). The van der Waals surface area contributed by atoms with Gasteiger partial charge >= 0.3 is 5.97 Å². The summed E-state index contributed by atoms with van der Waals surface area (Å²) in [5.41, 5.74) is 3.21. The lowest BCUT2D eigenvalue weighted by molar-refractivity contribution is -0.136. The lowest BCUT2D eigenvalue weighted by Gasteiger charge is -2.22. The van der Waals surface area contributed by atoms with Crippen LogP contribution >= 0.6 is 0 Å². The van der Waals surface area contributed by atoms with Crippen LogP contribution in [-0.4, -0.2) is 12.6 Å². The minimum Gasteiger partial charge on any atom is -0.482 e. The fraction of sp³-hybridized carbons (Fsp3) is 0.350. The van der Waals surface area contributed by atoms with Gasteiger partial charge < -0.3 is 9.47 Å². The summed E-state index contributed by atoms with van der Waals surface area (Å²) in [6.45, 7) is 10.2. The van der Waals surface area contributed by atoms with Gasteiger partial charge in [-0.2, -0.15) is 0 Å². The number of benzene rings is 2. The van der Waals surface area contributed by atoms with Crippen LogP contribution in [-0.2, 0) is 10.2 Å². The first-order valence-electron chi connectivity index (χ1n) is 7.77. The van der Waals surface area contributed by atoms with Gasteiger partial charge in [0.25, 0.3) is 0 Å². The van der Waals surface area contributed by atoms with Crippen molar-refractivity contribution in [2.24, 2.45) is 0 Å². The van der Waals surface area contributed by atoms with E-state index in [1.54, 1.807) is 0 Å². The minimum absolute atomic E-state index is 0.0978. The molecular weight excluding hydrogens is 288 g/mol. The maximum absolute atomic E-state index is 12.1. The molecule has 122 valence electrons. The SMILES string of the molecule is Cc1ccc(OCC(=O)Oc2ccc(C)cc2C(C)(C)C)cc1. The van der Waals surface area contributed by atoms with Crippen LogP contribution in [0.25, 0.3) is 0 Å². The van der Waals surface area contributed by atoms with E-state index < -0.39 is 5.97 Å². The quantitative estimate of drug-likeness (QED) is 0.612. The van der Waals surface area contributed by atoms with E-state index in [0.29, 0.717) is 11.5 Å². The van der Waals surface area contributed by atoms with E-state index >= 15 is 0 Å². The Kier molecular flexibility index (Phi) is 5.09. The number of carbonyl (C=O) groups excluding carboxylic acids is 1. The summed E-state index contributed by atoms with van der Waals surface area (Å²) in [5, 5.41) is 0. The van der Waals surface area contributed by atoms with Gasteiger partial charge in [-0.05, 0) is 37.5 Å². The third-order valence-corrected chi connectivity index (χ3v) is 3.54. The largest absolute Gasteiger partial charge is 0.482 e. The molecule has 23 heavy (non-hydrogen) atoms. The number of esters is 1. The molecule has 0 amide bonds. The van der Waals surface area contributed by atoms with Crippen LogP contribution in [0.4, 0.5) is 0 Å². The fourth-order valence-electron chi connectivity index (χ4n) is 2.25. The zero-order valence-electron chi connectivity index (χ0n) is 14.5. The van der Waals surface area contributed by atoms with Gasteiger partial charge in [-0.25, -0.2) is 4.79 Å². The molecule has 0 aliphatic rings. The molecule has 0 radical (unpaired) electrons. The Morgan fingerprint density at radius 3 is 2.17 bits per heavy atom. The second-order valence-corrected chi connectivity index (χ2v) is 6.83. The molecular formula is C20H24O3. The van der Waals surface area contributed by atoms with Crippen LogP contribution in [0.5, 0.6) is 11.5 Å². The van der Waals surface area contributed by atoms with Crippen molar-refractivity contribution in [2.45, 2.75) is 40.0 Å². The molecule has 0 bridgehead atoms. The molecule has 0 N–H and O–H groups in total.